The summed E-state index contributed by atoms with van der Waals surface area (Å²) >= 11 is 2.33. The van der Waals surface area contributed by atoms with Crippen LogP contribution in [0.5, 0.6) is 0 Å². The van der Waals surface area contributed by atoms with E-state index in [0.29, 0.717) is 0 Å². The minimum Gasteiger partial charge on any atom is -0.373 e. The second-order valence-electron chi connectivity index (χ2n) is 3.97. The van der Waals surface area contributed by atoms with Crippen LogP contribution >= 0.6 is 22.6 Å². The SMILES string of the molecule is CNc1cc(Nc2cccc(I)c2C)nc(C)n1. The Balaban J connectivity index is 2.34. The van der Waals surface area contributed by atoms with Crippen molar-refractivity contribution < 1.29 is 0 Å². The molecule has 0 bridgehead atoms. The number of rotatable bonds is 3. The summed E-state index contributed by atoms with van der Waals surface area (Å²) in [7, 11) is 1.85. The Morgan fingerprint density at radius 2 is 1.83 bits per heavy atom. The molecule has 0 saturated heterocycles. The number of benzene rings is 1. The lowest BCUT2D eigenvalue weighted by Gasteiger charge is -2.11. The number of halogens is 1. The van der Waals surface area contributed by atoms with Crippen LogP contribution in [0.4, 0.5) is 17.3 Å². The summed E-state index contributed by atoms with van der Waals surface area (Å²) in [4.78, 5) is 8.65. The second-order valence-corrected chi connectivity index (χ2v) is 5.14. The molecule has 5 heteroatoms. The molecule has 18 heavy (non-hydrogen) atoms. The highest BCUT2D eigenvalue weighted by atomic mass is 127. The molecule has 0 saturated carbocycles. The van der Waals surface area contributed by atoms with Gasteiger partial charge in [0.05, 0.1) is 0 Å². The first-order valence-corrected chi connectivity index (χ1v) is 6.73. The Bertz CT molecular complexity index is 569. The van der Waals surface area contributed by atoms with Crippen molar-refractivity contribution in [3.05, 3.63) is 39.2 Å². The van der Waals surface area contributed by atoms with Crippen molar-refractivity contribution in [2.75, 3.05) is 17.7 Å². The monoisotopic (exact) mass is 354 g/mol. The standard InChI is InChI=1S/C13H15IN4/c1-8-10(14)5-4-6-11(8)18-13-7-12(15-3)16-9(2)17-13/h4-7H,1-3H3,(H2,15,16,17,18). The number of nitrogens with one attached hydrogen (secondary N) is 2. The quantitative estimate of drug-likeness (QED) is 0.829. The molecule has 1 aromatic heterocycles. The zero-order chi connectivity index (χ0) is 13.1. The van der Waals surface area contributed by atoms with Gasteiger partial charge in [0.2, 0.25) is 0 Å². The van der Waals surface area contributed by atoms with Crippen molar-refractivity contribution in [3.63, 3.8) is 0 Å². The maximum Gasteiger partial charge on any atom is 0.136 e. The predicted molar refractivity (Wildman–Crippen MR) is 83.5 cm³/mol. The van der Waals surface area contributed by atoms with Gasteiger partial charge in [-0.05, 0) is 54.1 Å². The van der Waals surface area contributed by atoms with E-state index < -0.39 is 0 Å². The molecule has 0 spiro atoms. The molecule has 0 radical (unpaired) electrons. The van der Waals surface area contributed by atoms with Crippen molar-refractivity contribution in [3.8, 4) is 0 Å². The largest absolute Gasteiger partial charge is 0.373 e. The minimum atomic E-state index is 0.743. The van der Waals surface area contributed by atoms with Crippen molar-refractivity contribution >= 4 is 39.9 Å². The minimum absolute atomic E-state index is 0.743. The Morgan fingerprint density at radius 1 is 1.11 bits per heavy atom. The third-order valence-corrected chi connectivity index (χ3v) is 3.79. The highest BCUT2D eigenvalue weighted by Gasteiger charge is 2.04. The van der Waals surface area contributed by atoms with Gasteiger partial charge in [-0.2, -0.15) is 0 Å². The molecule has 0 aliphatic carbocycles. The summed E-state index contributed by atoms with van der Waals surface area (Å²) in [6, 6.07) is 8.07. The zero-order valence-electron chi connectivity index (χ0n) is 10.6. The van der Waals surface area contributed by atoms with Gasteiger partial charge in [-0.1, -0.05) is 6.07 Å². The molecule has 2 rings (SSSR count). The average Bonchev–Trinajstić information content (AvgIpc) is 2.34. The lowest BCUT2D eigenvalue weighted by molar-refractivity contribution is 1.05. The van der Waals surface area contributed by atoms with Crippen LogP contribution in [0.15, 0.2) is 24.3 Å². The maximum atomic E-state index is 4.38. The Morgan fingerprint density at radius 3 is 2.56 bits per heavy atom. The number of aryl methyl sites for hydroxylation is 1. The van der Waals surface area contributed by atoms with E-state index in [-0.39, 0.29) is 0 Å². The van der Waals surface area contributed by atoms with E-state index in [9.17, 15) is 0 Å². The van der Waals surface area contributed by atoms with Crippen LogP contribution in [0.2, 0.25) is 0 Å². The summed E-state index contributed by atoms with van der Waals surface area (Å²) in [5.41, 5.74) is 2.29. The molecule has 0 atom stereocenters. The molecular weight excluding hydrogens is 339 g/mol. The summed E-state index contributed by atoms with van der Waals surface area (Å²) in [5.74, 6) is 2.36. The number of hydrogen-bond acceptors (Lipinski definition) is 4. The van der Waals surface area contributed by atoms with Crippen LogP contribution in [0.3, 0.4) is 0 Å². The van der Waals surface area contributed by atoms with Crippen LogP contribution in [-0.2, 0) is 0 Å². The van der Waals surface area contributed by atoms with E-state index in [1.165, 1.54) is 9.13 Å². The van der Waals surface area contributed by atoms with Gasteiger partial charge in [0.15, 0.2) is 0 Å². The predicted octanol–water partition coefficient (Wildman–Crippen LogP) is 3.48. The van der Waals surface area contributed by atoms with E-state index >= 15 is 0 Å². The van der Waals surface area contributed by atoms with Crippen LogP contribution in [0.25, 0.3) is 0 Å². The van der Waals surface area contributed by atoms with Gasteiger partial charge in [0.1, 0.15) is 17.5 Å². The Labute approximate surface area is 120 Å². The molecule has 0 aliphatic rings. The molecule has 4 nitrogen and oxygen atoms in total. The van der Waals surface area contributed by atoms with Gasteiger partial charge >= 0.3 is 0 Å². The Hall–Kier alpha value is -1.37. The summed E-state index contributed by atoms with van der Waals surface area (Å²) in [6.07, 6.45) is 0. The van der Waals surface area contributed by atoms with Gasteiger partial charge in [-0.15, -0.1) is 0 Å². The molecule has 94 valence electrons. The zero-order valence-corrected chi connectivity index (χ0v) is 12.7. The Kier molecular flexibility index (Phi) is 4.00. The highest BCUT2D eigenvalue weighted by molar-refractivity contribution is 14.1. The third kappa shape index (κ3) is 2.90. The van der Waals surface area contributed by atoms with Gasteiger partial charge in [0, 0.05) is 22.4 Å². The third-order valence-electron chi connectivity index (χ3n) is 2.62. The topological polar surface area (TPSA) is 49.8 Å². The molecule has 2 aromatic rings. The lowest BCUT2D eigenvalue weighted by atomic mass is 10.2. The highest BCUT2D eigenvalue weighted by Crippen LogP contribution is 2.24. The second kappa shape index (κ2) is 5.51. The molecule has 0 fully saturated rings. The first kappa shape index (κ1) is 13.1. The van der Waals surface area contributed by atoms with Crippen LogP contribution in [0.1, 0.15) is 11.4 Å². The fourth-order valence-corrected chi connectivity index (χ4v) is 2.14. The molecular formula is C13H15IN4. The normalized spacial score (nSPS) is 10.2. The van der Waals surface area contributed by atoms with Crippen LogP contribution < -0.4 is 10.6 Å². The molecule has 0 aliphatic heterocycles. The van der Waals surface area contributed by atoms with Crippen LogP contribution in [-0.4, -0.2) is 17.0 Å². The van der Waals surface area contributed by atoms with Gasteiger partial charge in [-0.25, -0.2) is 9.97 Å². The molecule has 0 unspecified atom stereocenters. The number of aromatic nitrogens is 2. The maximum absolute atomic E-state index is 4.38. The van der Waals surface area contributed by atoms with Crippen molar-refractivity contribution in [1.82, 2.24) is 9.97 Å². The van der Waals surface area contributed by atoms with Crippen molar-refractivity contribution in [2.24, 2.45) is 0 Å². The fourth-order valence-electron chi connectivity index (χ4n) is 1.64. The molecule has 2 N–H and O–H groups in total. The van der Waals surface area contributed by atoms with Crippen LogP contribution in [0, 0.1) is 17.4 Å². The lowest BCUT2D eigenvalue weighted by Crippen LogP contribution is -2.02. The molecule has 1 heterocycles. The number of nitrogens with zero attached hydrogens (tertiary/aromatic N) is 2. The van der Waals surface area contributed by atoms with E-state index in [0.717, 1.165) is 23.1 Å². The molecule has 0 amide bonds. The smallest absolute Gasteiger partial charge is 0.136 e. The van der Waals surface area contributed by atoms with Crippen molar-refractivity contribution in [2.45, 2.75) is 13.8 Å². The number of anilines is 3. The molecule has 1 aromatic carbocycles. The van der Waals surface area contributed by atoms with Gasteiger partial charge in [-0.3, -0.25) is 0 Å². The first-order valence-electron chi connectivity index (χ1n) is 5.65. The van der Waals surface area contributed by atoms with Gasteiger partial charge in [0.25, 0.3) is 0 Å². The average molecular weight is 354 g/mol. The summed E-state index contributed by atoms with van der Waals surface area (Å²) < 4.78 is 1.23. The number of hydrogen-bond donors (Lipinski definition) is 2. The summed E-state index contributed by atoms with van der Waals surface area (Å²) in [5, 5.41) is 6.36. The van der Waals surface area contributed by atoms with Crippen molar-refractivity contribution in [1.29, 1.82) is 0 Å². The van der Waals surface area contributed by atoms with E-state index in [4.69, 9.17) is 0 Å². The van der Waals surface area contributed by atoms with E-state index in [1.54, 1.807) is 0 Å². The van der Waals surface area contributed by atoms with E-state index in [1.807, 2.05) is 32.2 Å². The van der Waals surface area contributed by atoms with Gasteiger partial charge < -0.3 is 10.6 Å². The fraction of sp³-hybridized carbons (Fsp3) is 0.231. The van der Waals surface area contributed by atoms with E-state index in [2.05, 4.69) is 56.2 Å². The summed E-state index contributed by atoms with van der Waals surface area (Å²) in [6.45, 7) is 3.98. The first-order chi connectivity index (χ1) is 8.60.